The average molecular weight is 497 g/mol. The lowest BCUT2D eigenvalue weighted by molar-refractivity contribution is -0.858. The third-order valence-corrected chi connectivity index (χ3v) is 6.03. The molecule has 1 N–H and O–H groups in total. The molecule has 1 unspecified atom stereocenters. The average Bonchev–Trinajstić information content (AvgIpc) is 3.11. The predicted molar refractivity (Wildman–Crippen MR) is 135 cm³/mol. The molecule has 0 saturated carbocycles. The Morgan fingerprint density at radius 3 is 2.33 bits per heavy atom. The molecule has 1 fully saturated rings. The first-order valence-corrected chi connectivity index (χ1v) is 12.2. The van der Waals surface area contributed by atoms with Gasteiger partial charge in [-0.2, -0.15) is 0 Å². The third kappa shape index (κ3) is 5.82. The molecule has 2 aromatic carbocycles. The zero-order chi connectivity index (χ0) is 26.4. The van der Waals surface area contributed by atoms with Gasteiger partial charge in [0, 0.05) is 24.1 Å². The summed E-state index contributed by atoms with van der Waals surface area (Å²) in [6, 6.07) is 11.0. The summed E-state index contributed by atoms with van der Waals surface area (Å²) in [5, 5.41) is 13.7. The van der Waals surface area contributed by atoms with E-state index in [2.05, 4.69) is 13.8 Å². The van der Waals surface area contributed by atoms with Gasteiger partial charge >= 0.3 is 0 Å². The van der Waals surface area contributed by atoms with Gasteiger partial charge < -0.3 is 29.1 Å². The summed E-state index contributed by atoms with van der Waals surface area (Å²) in [6.45, 7) is 5.80. The maximum atomic E-state index is 13.7. The lowest BCUT2D eigenvalue weighted by atomic mass is 9.94. The Labute approximate surface area is 213 Å². The molecule has 8 heteroatoms. The number of para-hydroxylation sites is 1. The SMILES string of the molecule is COc1cccc(C2C(=C([O-])c3ccc(OCC(C)C)cc3)C(=O)C(=O)N2CCC[NH+](C)C)c1OC. The van der Waals surface area contributed by atoms with Crippen LogP contribution in [0.15, 0.2) is 48.0 Å². The van der Waals surface area contributed by atoms with Crippen LogP contribution in [-0.4, -0.2) is 64.6 Å². The van der Waals surface area contributed by atoms with Gasteiger partial charge in [-0.3, -0.25) is 9.59 Å². The quantitative estimate of drug-likeness (QED) is 0.288. The second kappa shape index (κ2) is 11.9. The molecular weight excluding hydrogens is 460 g/mol. The van der Waals surface area contributed by atoms with Gasteiger partial charge in [0.1, 0.15) is 5.75 Å². The molecule has 36 heavy (non-hydrogen) atoms. The van der Waals surface area contributed by atoms with E-state index in [4.69, 9.17) is 14.2 Å². The molecule has 2 aromatic rings. The summed E-state index contributed by atoms with van der Waals surface area (Å²) < 4.78 is 16.8. The molecule has 3 rings (SSSR count). The number of quaternary nitrogens is 1. The van der Waals surface area contributed by atoms with Gasteiger partial charge in [0.15, 0.2) is 11.5 Å². The summed E-state index contributed by atoms with van der Waals surface area (Å²) in [5.41, 5.74) is 0.766. The van der Waals surface area contributed by atoms with Crippen LogP contribution in [0.5, 0.6) is 17.2 Å². The minimum atomic E-state index is -0.878. The number of hydrogen-bond acceptors (Lipinski definition) is 6. The molecule has 194 valence electrons. The summed E-state index contributed by atoms with van der Waals surface area (Å²) in [6.07, 6.45) is 0.674. The highest BCUT2D eigenvalue weighted by molar-refractivity contribution is 6.46. The number of hydrogen-bond donors (Lipinski definition) is 1. The number of ether oxygens (including phenoxy) is 3. The van der Waals surface area contributed by atoms with Crippen molar-refractivity contribution in [1.29, 1.82) is 0 Å². The third-order valence-electron chi connectivity index (χ3n) is 6.03. The van der Waals surface area contributed by atoms with E-state index in [1.807, 2.05) is 14.1 Å². The van der Waals surface area contributed by atoms with E-state index < -0.39 is 23.5 Å². The highest BCUT2D eigenvalue weighted by Gasteiger charge is 2.45. The molecule has 0 aliphatic carbocycles. The molecule has 0 spiro atoms. The van der Waals surface area contributed by atoms with Gasteiger partial charge in [0.05, 0.1) is 47.5 Å². The lowest BCUT2D eigenvalue weighted by Gasteiger charge is -2.29. The lowest BCUT2D eigenvalue weighted by Crippen LogP contribution is -3.05. The monoisotopic (exact) mass is 496 g/mol. The van der Waals surface area contributed by atoms with Crippen LogP contribution in [0, 0.1) is 5.92 Å². The van der Waals surface area contributed by atoms with Crippen molar-refractivity contribution < 1.29 is 33.8 Å². The predicted octanol–water partition coefficient (Wildman–Crippen LogP) is 1.50. The molecule has 1 heterocycles. The fourth-order valence-electron chi connectivity index (χ4n) is 4.28. The van der Waals surface area contributed by atoms with Crippen LogP contribution in [0.1, 0.15) is 37.4 Å². The second-order valence-corrected chi connectivity index (χ2v) is 9.60. The van der Waals surface area contributed by atoms with Gasteiger partial charge in [0.25, 0.3) is 5.91 Å². The van der Waals surface area contributed by atoms with Crippen LogP contribution >= 0.6 is 0 Å². The Morgan fingerprint density at radius 1 is 1.06 bits per heavy atom. The van der Waals surface area contributed by atoms with E-state index in [1.165, 1.54) is 24.0 Å². The molecule has 0 aromatic heterocycles. The van der Waals surface area contributed by atoms with Crippen molar-refractivity contribution in [3.8, 4) is 17.2 Å². The number of carbonyl (C=O) groups is 2. The zero-order valence-corrected chi connectivity index (χ0v) is 21.9. The highest BCUT2D eigenvalue weighted by Crippen LogP contribution is 2.45. The van der Waals surface area contributed by atoms with Crippen molar-refractivity contribution in [1.82, 2.24) is 4.90 Å². The Balaban J connectivity index is 2.10. The summed E-state index contributed by atoms with van der Waals surface area (Å²) in [5.74, 6) is -0.109. The number of Topliss-reactive ketones (excluding diaryl/α,β-unsaturated/α-hetero) is 1. The first kappa shape index (κ1) is 27.1. The van der Waals surface area contributed by atoms with E-state index in [0.717, 1.165) is 6.54 Å². The Morgan fingerprint density at radius 2 is 1.75 bits per heavy atom. The van der Waals surface area contributed by atoms with Crippen LogP contribution in [-0.2, 0) is 9.59 Å². The van der Waals surface area contributed by atoms with Crippen molar-refractivity contribution in [2.45, 2.75) is 26.3 Å². The fraction of sp³-hybridized carbons (Fsp3) is 0.429. The van der Waals surface area contributed by atoms with Gasteiger partial charge in [-0.1, -0.05) is 43.9 Å². The van der Waals surface area contributed by atoms with Crippen molar-refractivity contribution in [2.24, 2.45) is 5.92 Å². The Bertz CT molecular complexity index is 1110. The topological polar surface area (TPSA) is 92.6 Å². The normalized spacial score (nSPS) is 17.2. The van der Waals surface area contributed by atoms with Crippen molar-refractivity contribution in [3.63, 3.8) is 0 Å². The molecular formula is C28H36N2O6. The van der Waals surface area contributed by atoms with Gasteiger partial charge in [0.2, 0.25) is 5.78 Å². The summed E-state index contributed by atoms with van der Waals surface area (Å²) in [7, 11) is 7.06. The molecule has 1 atom stereocenters. The number of likely N-dealkylation sites (tertiary alicyclic amines) is 1. The molecule has 1 aliphatic rings. The standard InChI is InChI=1S/C28H36N2O6/c1-18(2)17-36-20-13-11-19(12-14-20)25(31)23-24(21-9-7-10-22(34-5)27(21)35-6)30(28(33)26(23)32)16-8-15-29(3)4/h7,9-14,18,24,31H,8,15-17H2,1-6H3. The largest absolute Gasteiger partial charge is 0.872 e. The smallest absolute Gasteiger partial charge is 0.295 e. The fourth-order valence-corrected chi connectivity index (χ4v) is 4.28. The molecule has 1 amide bonds. The number of ketones is 1. The minimum absolute atomic E-state index is 0.0837. The Kier molecular flexibility index (Phi) is 8.98. The first-order chi connectivity index (χ1) is 17.2. The Hall–Kier alpha value is -3.52. The number of carbonyl (C=O) groups excluding carboxylic acids is 2. The van der Waals surface area contributed by atoms with Crippen LogP contribution in [0.4, 0.5) is 0 Å². The van der Waals surface area contributed by atoms with Crippen molar-refractivity contribution in [3.05, 3.63) is 59.2 Å². The highest BCUT2D eigenvalue weighted by atomic mass is 16.5. The van der Waals surface area contributed by atoms with E-state index in [1.54, 1.807) is 42.5 Å². The van der Waals surface area contributed by atoms with Crippen LogP contribution in [0.3, 0.4) is 0 Å². The van der Waals surface area contributed by atoms with Gasteiger partial charge in [-0.05, 0) is 29.7 Å². The maximum absolute atomic E-state index is 13.7. The first-order valence-electron chi connectivity index (χ1n) is 12.2. The number of rotatable bonds is 11. The van der Waals surface area contributed by atoms with Gasteiger partial charge in [-0.25, -0.2) is 0 Å². The van der Waals surface area contributed by atoms with E-state index in [0.29, 0.717) is 53.9 Å². The van der Waals surface area contributed by atoms with E-state index in [9.17, 15) is 14.7 Å². The zero-order valence-electron chi connectivity index (χ0n) is 21.9. The molecule has 1 aliphatic heterocycles. The van der Waals surface area contributed by atoms with E-state index in [-0.39, 0.29) is 5.57 Å². The number of benzene rings is 2. The number of nitrogens with one attached hydrogen (secondary N) is 1. The minimum Gasteiger partial charge on any atom is -0.872 e. The van der Waals surface area contributed by atoms with Crippen LogP contribution in [0.2, 0.25) is 0 Å². The summed E-state index contributed by atoms with van der Waals surface area (Å²) >= 11 is 0. The van der Waals surface area contributed by atoms with Crippen molar-refractivity contribution in [2.75, 3.05) is 48.0 Å². The number of methoxy groups -OCH3 is 2. The summed E-state index contributed by atoms with van der Waals surface area (Å²) in [4.78, 5) is 29.1. The molecule has 1 saturated heterocycles. The van der Waals surface area contributed by atoms with Crippen molar-refractivity contribution >= 4 is 17.4 Å². The maximum Gasteiger partial charge on any atom is 0.295 e. The molecule has 0 bridgehead atoms. The molecule has 8 nitrogen and oxygen atoms in total. The molecule has 0 radical (unpaired) electrons. The number of nitrogens with zero attached hydrogens (tertiary/aromatic N) is 1. The van der Waals surface area contributed by atoms with E-state index >= 15 is 0 Å². The van der Waals surface area contributed by atoms with Gasteiger partial charge in [-0.15, -0.1) is 0 Å². The number of amides is 1. The van der Waals surface area contributed by atoms with Crippen LogP contribution < -0.4 is 24.2 Å². The second-order valence-electron chi connectivity index (χ2n) is 9.60. The van der Waals surface area contributed by atoms with Crippen LogP contribution in [0.25, 0.3) is 5.76 Å².